The monoisotopic (exact) mass is 293 g/mol. The molecule has 0 saturated carbocycles. The summed E-state index contributed by atoms with van der Waals surface area (Å²) in [5.41, 5.74) is -0.598. The molecule has 21 heavy (non-hydrogen) atoms. The van der Waals surface area contributed by atoms with Crippen LogP contribution in [0.1, 0.15) is 10.4 Å². The molecule has 2 aromatic carbocycles. The fourth-order valence-corrected chi connectivity index (χ4v) is 1.86. The summed E-state index contributed by atoms with van der Waals surface area (Å²) in [6.45, 7) is 0. The van der Waals surface area contributed by atoms with Gasteiger partial charge in [0.2, 0.25) is 0 Å². The Kier molecular flexibility index (Phi) is 3.93. The van der Waals surface area contributed by atoms with Gasteiger partial charge >= 0.3 is 5.97 Å². The molecule has 0 bridgehead atoms. The minimum absolute atomic E-state index is 0.00378. The molecule has 0 unspecified atom stereocenters. The van der Waals surface area contributed by atoms with Crippen LogP contribution >= 0.6 is 0 Å². The third-order valence-corrected chi connectivity index (χ3v) is 2.84. The molecule has 0 aliphatic heterocycles. The Morgan fingerprint density at radius 3 is 2.48 bits per heavy atom. The van der Waals surface area contributed by atoms with Crippen LogP contribution in [0.5, 0.6) is 0 Å². The lowest BCUT2D eigenvalue weighted by Gasteiger charge is -2.06. The predicted octanol–water partition coefficient (Wildman–Crippen LogP) is 3.33. The number of carbonyl (C=O) groups is 1. The van der Waals surface area contributed by atoms with Gasteiger partial charge in [-0.3, -0.25) is 10.1 Å². The van der Waals surface area contributed by atoms with Crippen molar-refractivity contribution in [2.75, 3.05) is 7.11 Å². The molecule has 0 aromatic heterocycles. The lowest BCUT2D eigenvalue weighted by molar-refractivity contribution is -0.385. The van der Waals surface area contributed by atoms with Gasteiger partial charge in [0.1, 0.15) is 17.2 Å². The SMILES string of the molecule is COC(=O)c1ccc(-c2ccc(F)cc2F)cc1[N+](=O)[O-]. The van der Waals surface area contributed by atoms with E-state index in [4.69, 9.17) is 0 Å². The van der Waals surface area contributed by atoms with Crippen LogP contribution in [-0.4, -0.2) is 18.0 Å². The van der Waals surface area contributed by atoms with Gasteiger partial charge in [-0.1, -0.05) is 6.07 Å². The minimum atomic E-state index is -0.868. The van der Waals surface area contributed by atoms with E-state index in [9.17, 15) is 23.7 Å². The van der Waals surface area contributed by atoms with Crippen molar-refractivity contribution < 1.29 is 23.2 Å². The van der Waals surface area contributed by atoms with Gasteiger partial charge in [-0.05, 0) is 23.8 Å². The van der Waals surface area contributed by atoms with E-state index in [1.165, 1.54) is 18.2 Å². The summed E-state index contributed by atoms with van der Waals surface area (Å²) in [5.74, 6) is -2.47. The molecule has 0 fully saturated rings. The molecular formula is C14H9F2NO4. The highest BCUT2D eigenvalue weighted by Gasteiger charge is 2.22. The van der Waals surface area contributed by atoms with Gasteiger partial charge in [-0.2, -0.15) is 0 Å². The van der Waals surface area contributed by atoms with Crippen molar-refractivity contribution in [1.82, 2.24) is 0 Å². The first-order valence-corrected chi connectivity index (χ1v) is 5.76. The summed E-state index contributed by atoms with van der Waals surface area (Å²) in [5, 5.41) is 11.0. The van der Waals surface area contributed by atoms with E-state index in [1.807, 2.05) is 0 Å². The summed E-state index contributed by atoms with van der Waals surface area (Å²) < 4.78 is 31.0. The topological polar surface area (TPSA) is 69.4 Å². The van der Waals surface area contributed by atoms with Gasteiger partial charge in [0.25, 0.3) is 5.69 Å². The van der Waals surface area contributed by atoms with Gasteiger partial charge in [0.15, 0.2) is 0 Å². The van der Waals surface area contributed by atoms with Crippen LogP contribution in [0.3, 0.4) is 0 Å². The maximum absolute atomic E-state index is 13.7. The Morgan fingerprint density at radius 2 is 1.90 bits per heavy atom. The molecule has 0 atom stereocenters. The summed E-state index contributed by atoms with van der Waals surface area (Å²) >= 11 is 0. The fraction of sp³-hybridized carbons (Fsp3) is 0.0714. The Hall–Kier alpha value is -2.83. The molecule has 0 amide bonds. The maximum atomic E-state index is 13.7. The second-order valence-corrected chi connectivity index (χ2v) is 4.10. The Labute approximate surface area is 117 Å². The number of benzene rings is 2. The number of hydrogen-bond acceptors (Lipinski definition) is 4. The Morgan fingerprint density at radius 1 is 1.19 bits per heavy atom. The Bertz CT molecular complexity index is 731. The molecule has 0 N–H and O–H groups in total. The van der Waals surface area contributed by atoms with Crippen LogP contribution in [0.4, 0.5) is 14.5 Å². The van der Waals surface area contributed by atoms with Crippen molar-refractivity contribution in [3.05, 3.63) is 63.7 Å². The third kappa shape index (κ3) is 2.86. The number of nitrogens with zero attached hydrogens (tertiary/aromatic N) is 1. The van der Waals surface area contributed by atoms with Gasteiger partial charge in [-0.15, -0.1) is 0 Å². The summed E-state index contributed by atoms with van der Waals surface area (Å²) in [6, 6.07) is 6.43. The van der Waals surface area contributed by atoms with Crippen molar-refractivity contribution in [2.24, 2.45) is 0 Å². The van der Waals surface area contributed by atoms with Crippen molar-refractivity contribution in [1.29, 1.82) is 0 Å². The van der Waals surface area contributed by atoms with Crippen molar-refractivity contribution in [2.45, 2.75) is 0 Å². The fourth-order valence-electron chi connectivity index (χ4n) is 1.86. The number of nitro groups is 1. The van der Waals surface area contributed by atoms with Crippen molar-refractivity contribution >= 4 is 11.7 Å². The molecule has 0 aliphatic rings. The number of esters is 1. The smallest absolute Gasteiger partial charge is 0.344 e. The molecule has 0 heterocycles. The number of hydrogen-bond donors (Lipinski definition) is 0. The normalized spacial score (nSPS) is 10.2. The molecule has 108 valence electrons. The van der Waals surface area contributed by atoms with Gasteiger partial charge in [0, 0.05) is 17.7 Å². The summed E-state index contributed by atoms with van der Waals surface area (Å²) in [6.07, 6.45) is 0. The van der Waals surface area contributed by atoms with E-state index in [0.717, 1.165) is 19.2 Å². The van der Waals surface area contributed by atoms with Crippen LogP contribution < -0.4 is 0 Å². The van der Waals surface area contributed by atoms with Crippen molar-refractivity contribution in [3.8, 4) is 11.1 Å². The number of nitro benzene ring substituents is 1. The van der Waals surface area contributed by atoms with E-state index in [-0.39, 0.29) is 16.7 Å². The first-order valence-electron chi connectivity index (χ1n) is 5.76. The van der Waals surface area contributed by atoms with Gasteiger partial charge < -0.3 is 4.74 Å². The largest absolute Gasteiger partial charge is 0.465 e. The highest BCUT2D eigenvalue weighted by Crippen LogP contribution is 2.29. The molecule has 5 nitrogen and oxygen atoms in total. The minimum Gasteiger partial charge on any atom is -0.465 e. The van der Waals surface area contributed by atoms with Gasteiger partial charge in [-0.25, -0.2) is 13.6 Å². The second-order valence-electron chi connectivity index (χ2n) is 4.10. The molecule has 0 radical (unpaired) electrons. The number of methoxy groups -OCH3 is 1. The number of ether oxygens (including phenoxy) is 1. The zero-order chi connectivity index (χ0) is 15.6. The van der Waals surface area contributed by atoms with E-state index in [2.05, 4.69) is 4.74 Å². The Balaban J connectivity index is 2.59. The van der Waals surface area contributed by atoms with Crippen LogP contribution in [0.15, 0.2) is 36.4 Å². The number of carbonyl (C=O) groups excluding carboxylic acids is 1. The molecule has 2 rings (SSSR count). The molecule has 0 spiro atoms. The zero-order valence-corrected chi connectivity index (χ0v) is 10.8. The third-order valence-electron chi connectivity index (χ3n) is 2.84. The van der Waals surface area contributed by atoms with Crippen LogP contribution in [0.25, 0.3) is 11.1 Å². The lowest BCUT2D eigenvalue weighted by atomic mass is 10.0. The lowest BCUT2D eigenvalue weighted by Crippen LogP contribution is -2.05. The molecule has 0 aliphatic carbocycles. The summed E-state index contributed by atoms with van der Waals surface area (Å²) in [7, 11) is 1.10. The maximum Gasteiger partial charge on any atom is 0.344 e. The van der Waals surface area contributed by atoms with Crippen LogP contribution in [-0.2, 0) is 4.74 Å². The van der Waals surface area contributed by atoms with E-state index < -0.39 is 28.2 Å². The first-order chi connectivity index (χ1) is 9.93. The highest BCUT2D eigenvalue weighted by atomic mass is 19.1. The molecule has 2 aromatic rings. The number of halogens is 2. The standard InChI is InChI=1S/C14H9F2NO4/c1-21-14(18)11-4-2-8(6-13(11)17(19)20)10-5-3-9(15)7-12(10)16/h2-7H,1H3. The van der Waals surface area contributed by atoms with Gasteiger partial charge in [0.05, 0.1) is 12.0 Å². The predicted molar refractivity (Wildman–Crippen MR) is 69.8 cm³/mol. The second kappa shape index (κ2) is 5.66. The van der Waals surface area contributed by atoms with Crippen molar-refractivity contribution in [3.63, 3.8) is 0 Å². The highest BCUT2D eigenvalue weighted by molar-refractivity contribution is 5.94. The average Bonchev–Trinajstić information content (AvgIpc) is 2.46. The summed E-state index contributed by atoms with van der Waals surface area (Å²) in [4.78, 5) is 21.7. The molecule has 0 saturated heterocycles. The molecule has 7 heteroatoms. The van der Waals surface area contributed by atoms with E-state index >= 15 is 0 Å². The van der Waals surface area contributed by atoms with E-state index in [1.54, 1.807) is 0 Å². The first kappa shape index (κ1) is 14.6. The number of rotatable bonds is 3. The van der Waals surface area contributed by atoms with E-state index in [0.29, 0.717) is 6.07 Å². The average molecular weight is 293 g/mol. The zero-order valence-electron chi connectivity index (χ0n) is 10.8. The van der Waals surface area contributed by atoms with Crippen LogP contribution in [0.2, 0.25) is 0 Å². The van der Waals surface area contributed by atoms with Crippen LogP contribution in [0, 0.1) is 21.7 Å². The quantitative estimate of drug-likeness (QED) is 0.494. The molecular weight excluding hydrogens is 284 g/mol.